The molecule has 0 saturated heterocycles. The van der Waals surface area contributed by atoms with E-state index in [0.717, 1.165) is 55.2 Å². The Labute approximate surface area is 285 Å². The number of aryl methyl sites for hydroxylation is 4. The molecule has 0 radical (unpaired) electrons. The number of nitrogens with one attached hydrogen (secondary N) is 2. The van der Waals surface area contributed by atoms with E-state index in [1.54, 1.807) is 0 Å². The largest absolute Gasteiger partial charge is 0.444 e. The molecule has 9 rings (SSSR count). The van der Waals surface area contributed by atoms with Gasteiger partial charge in [0.25, 0.3) is 0 Å². The van der Waals surface area contributed by atoms with Gasteiger partial charge in [0.15, 0.2) is 0 Å². The van der Waals surface area contributed by atoms with Crippen molar-refractivity contribution in [3.8, 4) is 46.5 Å². The zero-order valence-electron chi connectivity index (χ0n) is 28.2. The van der Waals surface area contributed by atoms with Crippen LogP contribution < -0.4 is 0 Å². The molecule has 0 bridgehead atoms. The lowest BCUT2D eigenvalue weighted by Crippen LogP contribution is -2.38. The second kappa shape index (κ2) is 11.4. The molecule has 0 spiro atoms. The van der Waals surface area contributed by atoms with E-state index in [4.69, 9.17) is 14.7 Å². The van der Waals surface area contributed by atoms with Crippen LogP contribution in [0.15, 0.2) is 36.4 Å². The number of fused-ring (bicyclic) bond motifs is 7. The summed E-state index contributed by atoms with van der Waals surface area (Å²) in [6.07, 6.45) is 15.4. The first-order valence-corrected chi connectivity index (χ1v) is 17.3. The second-order valence-corrected chi connectivity index (χ2v) is 15.8. The van der Waals surface area contributed by atoms with Crippen molar-refractivity contribution in [2.24, 2.45) is 17.3 Å². The van der Waals surface area contributed by atoms with E-state index in [-0.39, 0.29) is 19.6 Å². The molecule has 5 aliphatic carbocycles. The highest BCUT2D eigenvalue weighted by Gasteiger charge is 2.65. The van der Waals surface area contributed by atoms with Crippen LogP contribution in [0.2, 0.25) is 0 Å². The van der Waals surface area contributed by atoms with E-state index in [9.17, 15) is 4.79 Å². The highest BCUT2D eigenvalue weighted by atomic mass is 16.6. The number of imidazole rings is 2. The topological polar surface area (TPSA) is 86.9 Å². The number of H-pyrrole nitrogens is 2. The van der Waals surface area contributed by atoms with Crippen molar-refractivity contribution in [3.63, 3.8) is 0 Å². The number of terminal acetylenes is 1. The summed E-state index contributed by atoms with van der Waals surface area (Å²) in [6, 6.07) is 14.0. The van der Waals surface area contributed by atoms with Crippen LogP contribution in [0.1, 0.15) is 101 Å². The van der Waals surface area contributed by atoms with Gasteiger partial charge < -0.3 is 14.7 Å². The lowest BCUT2D eigenvalue weighted by molar-refractivity contribution is 0.0203. The summed E-state index contributed by atoms with van der Waals surface area (Å²) >= 11 is 0. The molecular weight excluding hydrogens is 594 g/mol. The Morgan fingerprint density at radius 2 is 1.52 bits per heavy atom. The van der Waals surface area contributed by atoms with Gasteiger partial charge in [-0.2, -0.15) is 0 Å². The van der Waals surface area contributed by atoms with Crippen LogP contribution in [-0.2, 0) is 37.0 Å². The summed E-state index contributed by atoms with van der Waals surface area (Å²) in [6.45, 7) is 10.8. The van der Waals surface area contributed by atoms with E-state index < -0.39 is 5.60 Å². The van der Waals surface area contributed by atoms with Crippen LogP contribution >= 0.6 is 0 Å². The number of ether oxygens (including phenoxy) is 1. The zero-order chi connectivity index (χ0) is 32.8. The van der Waals surface area contributed by atoms with Gasteiger partial charge in [-0.15, -0.1) is 12.8 Å². The maximum Gasteiger partial charge on any atom is 0.410 e. The third-order valence-electron chi connectivity index (χ3n) is 11.5. The average Bonchev–Trinajstić information content (AvgIpc) is 3.68. The van der Waals surface area contributed by atoms with Gasteiger partial charge in [0.2, 0.25) is 0 Å². The molecule has 5 atom stereocenters. The lowest BCUT2D eigenvalue weighted by Gasteiger charge is -2.31. The monoisotopic (exact) mass is 643 g/mol. The fraction of sp³-hybridized carbons (Fsp3) is 0.488. The Bertz CT molecular complexity index is 1920. The molecule has 48 heavy (non-hydrogen) atoms. The molecule has 4 aromatic rings. The predicted molar refractivity (Wildman–Crippen MR) is 191 cm³/mol. The normalized spacial score (nSPS) is 25.2. The number of amides is 1. The Hall–Kier alpha value is -4.31. The predicted octanol–water partition coefficient (Wildman–Crippen LogP) is 8.88. The Balaban J connectivity index is 0.00000119. The molecule has 3 saturated carbocycles. The molecular formula is C41H49N5O2. The standard InChI is InChI=1S/C38H43N5O2.C2H2.CH4/c1-20-14-31(20)43(36(44)45-37(2,3)4)19-32-39-29-12-8-23-15-21(6-10-26(23)33(29)41-32)22-7-11-27-24(16-22)9-13-30-34(27)42-35(40-30)28-17-25-18-38(25,28)5;1-2;/h6-7,10-11,15-16,20,25,28,31H,8-9,12-14,17-19H2,1-5H3,(H,39,41)(H,40,42);1-2H;1H4/t20?,25-,28-,31?,38?;;/m0../s1. The zero-order valence-corrected chi connectivity index (χ0v) is 28.2. The summed E-state index contributed by atoms with van der Waals surface area (Å²) in [4.78, 5) is 32.5. The fourth-order valence-corrected chi connectivity index (χ4v) is 8.49. The lowest BCUT2D eigenvalue weighted by atomic mass is 9.74. The average molecular weight is 644 g/mol. The summed E-state index contributed by atoms with van der Waals surface area (Å²) in [5, 5.41) is 0. The second-order valence-electron chi connectivity index (χ2n) is 15.8. The Morgan fingerprint density at radius 3 is 2.04 bits per heavy atom. The van der Waals surface area contributed by atoms with Crippen molar-refractivity contribution in [3.05, 3.63) is 70.6 Å². The molecule has 7 nitrogen and oxygen atoms in total. The van der Waals surface area contributed by atoms with Gasteiger partial charge >= 0.3 is 6.09 Å². The van der Waals surface area contributed by atoms with Gasteiger partial charge in [-0.3, -0.25) is 4.90 Å². The number of hydrogen-bond donors (Lipinski definition) is 2. The third kappa shape index (κ3) is 5.34. The fourth-order valence-electron chi connectivity index (χ4n) is 8.49. The summed E-state index contributed by atoms with van der Waals surface area (Å²) in [5.74, 6) is 4.10. The van der Waals surface area contributed by atoms with Crippen molar-refractivity contribution in [1.29, 1.82) is 0 Å². The number of aromatic nitrogens is 4. The van der Waals surface area contributed by atoms with E-state index in [0.29, 0.717) is 23.8 Å². The van der Waals surface area contributed by atoms with Crippen molar-refractivity contribution in [2.45, 2.75) is 111 Å². The van der Waals surface area contributed by atoms with Crippen LogP contribution in [-0.4, -0.2) is 42.6 Å². The maximum absolute atomic E-state index is 13.1. The number of aromatic amines is 2. The number of benzene rings is 2. The molecule has 5 aliphatic rings. The van der Waals surface area contributed by atoms with Crippen molar-refractivity contribution >= 4 is 6.09 Å². The van der Waals surface area contributed by atoms with Crippen LogP contribution in [0.5, 0.6) is 0 Å². The number of carbonyl (C=O) groups is 1. The highest BCUT2D eigenvalue weighted by molar-refractivity contribution is 5.78. The van der Waals surface area contributed by atoms with Gasteiger partial charge in [0.1, 0.15) is 17.2 Å². The van der Waals surface area contributed by atoms with Crippen LogP contribution in [0, 0.1) is 30.1 Å². The van der Waals surface area contributed by atoms with Crippen molar-refractivity contribution in [1.82, 2.24) is 24.8 Å². The number of rotatable bonds is 5. The first-order chi connectivity index (χ1) is 22.5. The minimum Gasteiger partial charge on any atom is -0.444 e. The van der Waals surface area contributed by atoms with E-state index >= 15 is 0 Å². The molecule has 250 valence electrons. The maximum atomic E-state index is 13.1. The van der Waals surface area contributed by atoms with Gasteiger partial charge in [-0.25, -0.2) is 14.8 Å². The minimum atomic E-state index is -0.523. The minimum absolute atomic E-state index is 0. The van der Waals surface area contributed by atoms with E-state index in [1.165, 1.54) is 63.4 Å². The first-order valence-electron chi connectivity index (χ1n) is 17.3. The Kier molecular flexibility index (Phi) is 7.66. The summed E-state index contributed by atoms with van der Waals surface area (Å²) < 4.78 is 5.75. The van der Waals surface area contributed by atoms with Gasteiger partial charge in [0, 0.05) is 34.5 Å². The molecule has 1 amide bonds. The number of nitrogens with zero attached hydrogens (tertiary/aromatic N) is 3. The summed E-state index contributed by atoms with van der Waals surface area (Å²) in [7, 11) is 0. The van der Waals surface area contributed by atoms with Crippen LogP contribution in [0.3, 0.4) is 0 Å². The van der Waals surface area contributed by atoms with Gasteiger partial charge in [-0.05, 0) is 105 Å². The SMILES string of the molecule is C.C#C.CC1CC1N(Cc1nc2c([nH]1)CCc1cc(-c3ccc4c(c3)CCc3[nH]c([C@@H]5C[C@H]6CC65C)nc3-4)ccc1-2)C(=O)OC(C)(C)C. The quantitative estimate of drug-likeness (QED) is 0.213. The molecule has 0 aliphatic heterocycles. The highest BCUT2D eigenvalue weighted by Crippen LogP contribution is 2.74. The van der Waals surface area contributed by atoms with Gasteiger partial charge in [0.05, 0.1) is 17.9 Å². The molecule has 3 fully saturated rings. The van der Waals surface area contributed by atoms with E-state index in [2.05, 4.69) is 73.1 Å². The molecule has 3 unspecified atom stereocenters. The van der Waals surface area contributed by atoms with Crippen molar-refractivity contribution in [2.75, 3.05) is 0 Å². The number of hydrogen-bond acceptors (Lipinski definition) is 4. The van der Waals surface area contributed by atoms with Crippen LogP contribution in [0.4, 0.5) is 4.79 Å². The molecule has 2 aromatic carbocycles. The third-order valence-corrected chi connectivity index (χ3v) is 11.5. The smallest absolute Gasteiger partial charge is 0.410 e. The van der Waals surface area contributed by atoms with Crippen LogP contribution in [0.25, 0.3) is 33.6 Å². The van der Waals surface area contributed by atoms with Gasteiger partial charge in [-0.1, -0.05) is 57.7 Å². The molecule has 2 heterocycles. The molecule has 7 heteroatoms. The number of carbonyl (C=O) groups excluding carboxylic acids is 1. The molecule has 2 aromatic heterocycles. The summed E-state index contributed by atoms with van der Waals surface area (Å²) in [5.41, 5.74) is 12.4. The Morgan fingerprint density at radius 1 is 0.938 bits per heavy atom. The van der Waals surface area contributed by atoms with E-state index in [1.807, 2.05) is 25.7 Å². The first kappa shape index (κ1) is 32.2. The molecule has 2 N–H and O–H groups in total. The van der Waals surface area contributed by atoms with Crippen molar-refractivity contribution < 1.29 is 9.53 Å².